The van der Waals surface area contributed by atoms with Crippen LogP contribution in [0.25, 0.3) is 0 Å². The van der Waals surface area contributed by atoms with Gasteiger partial charge in [0, 0.05) is 30.1 Å². The minimum atomic E-state index is -4.43. The Morgan fingerprint density at radius 3 is 2.44 bits per heavy atom. The number of para-hydroxylation sites is 1. The molecule has 1 aromatic heterocycles. The Bertz CT molecular complexity index is 1310. The van der Waals surface area contributed by atoms with E-state index >= 15 is 0 Å². The van der Waals surface area contributed by atoms with Gasteiger partial charge in [-0.15, -0.1) is 0 Å². The Morgan fingerprint density at radius 2 is 1.78 bits per heavy atom. The molecule has 0 radical (unpaired) electrons. The number of nitrogens with one attached hydrogen (secondary N) is 2. The van der Waals surface area contributed by atoms with Gasteiger partial charge in [-0.2, -0.15) is 5.10 Å². The second kappa shape index (κ2) is 9.22. The number of hydrazone groups is 1. The molecule has 3 aromatic rings. The average molecular weight is 455 g/mol. The summed E-state index contributed by atoms with van der Waals surface area (Å²) in [6.45, 7) is 1.68. The molecule has 0 aliphatic carbocycles. The van der Waals surface area contributed by atoms with Crippen molar-refractivity contribution in [2.24, 2.45) is 5.10 Å². The first-order chi connectivity index (χ1) is 15.2. The van der Waals surface area contributed by atoms with E-state index in [-0.39, 0.29) is 16.9 Å². The standard InChI is InChI=1S/C20H17N5O6S/c1-13(14-8-10-21-11-9-14)22-23-18-7-6-15(25(28)29)12-19(18)32(30,31)24-17-5-3-2-4-16(17)20(26)27/h2-12,23-24H,1H3,(H,26,27). The molecule has 0 aliphatic heterocycles. The molecule has 0 unspecified atom stereocenters. The van der Waals surface area contributed by atoms with Crippen molar-refractivity contribution in [3.05, 3.63) is 88.2 Å². The van der Waals surface area contributed by atoms with Crippen LogP contribution in [0.1, 0.15) is 22.8 Å². The lowest BCUT2D eigenvalue weighted by atomic mass is 10.2. The molecule has 0 saturated carbocycles. The number of hydrogen-bond donors (Lipinski definition) is 3. The molecular formula is C20H17N5O6S. The van der Waals surface area contributed by atoms with Gasteiger partial charge >= 0.3 is 5.97 Å². The summed E-state index contributed by atoms with van der Waals surface area (Å²) < 4.78 is 28.3. The monoisotopic (exact) mass is 455 g/mol. The molecule has 3 rings (SSSR count). The fourth-order valence-electron chi connectivity index (χ4n) is 2.70. The molecule has 0 bridgehead atoms. The molecule has 0 aliphatic rings. The average Bonchev–Trinajstić information content (AvgIpc) is 2.77. The maximum absolute atomic E-state index is 13.1. The minimum absolute atomic E-state index is 0.0377. The number of nitro benzene ring substituents is 1. The van der Waals surface area contributed by atoms with Gasteiger partial charge in [-0.05, 0) is 37.3 Å². The fraction of sp³-hybridized carbons (Fsp3) is 0.0500. The quantitative estimate of drug-likeness (QED) is 0.264. The summed E-state index contributed by atoms with van der Waals surface area (Å²) in [6.07, 6.45) is 3.14. The van der Waals surface area contributed by atoms with Crippen LogP contribution in [-0.4, -0.2) is 35.1 Å². The second-order valence-corrected chi connectivity index (χ2v) is 8.09. The van der Waals surface area contributed by atoms with Crippen molar-refractivity contribution in [3.8, 4) is 0 Å². The van der Waals surface area contributed by atoms with Crippen LogP contribution in [0.2, 0.25) is 0 Å². The van der Waals surface area contributed by atoms with Gasteiger partial charge in [0.15, 0.2) is 0 Å². The Labute approximate surface area is 182 Å². The molecule has 0 fully saturated rings. The van der Waals surface area contributed by atoms with Crippen LogP contribution in [-0.2, 0) is 10.0 Å². The van der Waals surface area contributed by atoms with Gasteiger partial charge in [-0.3, -0.25) is 25.2 Å². The highest BCUT2D eigenvalue weighted by atomic mass is 32.2. The van der Waals surface area contributed by atoms with Crippen LogP contribution in [0.5, 0.6) is 0 Å². The summed E-state index contributed by atoms with van der Waals surface area (Å²) in [5.41, 5.74) is 2.90. The zero-order valence-corrected chi connectivity index (χ0v) is 17.4. The van der Waals surface area contributed by atoms with E-state index in [4.69, 9.17) is 0 Å². The number of nitro groups is 1. The molecule has 12 heteroatoms. The summed E-state index contributed by atoms with van der Waals surface area (Å²) in [4.78, 5) is 25.3. The molecule has 32 heavy (non-hydrogen) atoms. The van der Waals surface area contributed by atoms with Gasteiger partial charge in [0.1, 0.15) is 4.90 Å². The fourth-order valence-corrected chi connectivity index (χ4v) is 3.96. The van der Waals surface area contributed by atoms with Crippen LogP contribution in [0.3, 0.4) is 0 Å². The number of rotatable bonds is 8. The van der Waals surface area contributed by atoms with Crippen molar-refractivity contribution in [1.29, 1.82) is 0 Å². The van der Waals surface area contributed by atoms with Gasteiger partial charge in [0.05, 0.1) is 27.6 Å². The number of hydrogen-bond acceptors (Lipinski definition) is 8. The third-order valence-electron chi connectivity index (χ3n) is 4.31. The number of pyridine rings is 1. The maximum Gasteiger partial charge on any atom is 0.337 e. The zero-order valence-electron chi connectivity index (χ0n) is 16.6. The van der Waals surface area contributed by atoms with Crippen LogP contribution in [0.15, 0.2) is 77.0 Å². The molecule has 0 atom stereocenters. The number of carbonyl (C=O) groups is 1. The highest BCUT2D eigenvalue weighted by Gasteiger charge is 2.24. The molecular weight excluding hydrogens is 438 g/mol. The normalized spacial score (nSPS) is 11.6. The summed E-state index contributed by atoms with van der Waals surface area (Å²) in [6, 6.07) is 12.0. The Morgan fingerprint density at radius 1 is 1.09 bits per heavy atom. The number of anilines is 2. The van der Waals surface area contributed by atoms with E-state index in [1.807, 2.05) is 0 Å². The lowest BCUT2D eigenvalue weighted by Gasteiger charge is -2.14. The molecule has 3 N–H and O–H groups in total. The Hall–Kier alpha value is -4.32. The first-order valence-corrected chi connectivity index (χ1v) is 10.5. The predicted molar refractivity (Wildman–Crippen MR) is 117 cm³/mol. The number of aromatic nitrogens is 1. The third-order valence-corrected chi connectivity index (χ3v) is 5.71. The lowest BCUT2D eigenvalue weighted by molar-refractivity contribution is -0.385. The maximum atomic E-state index is 13.1. The lowest BCUT2D eigenvalue weighted by Crippen LogP contribution is -2.17. The number of carboxylic acid groups (broad SMARTS) is 1. The summed E-state index contributed by atoms with van der Waals surface area (Å²) in [5, 5.41) is 24.7. The van der Waals surface area contributed by atoms with Crippen molar-refractivity contribution in [2.75, 3.05) is 10.1 Å². The highest BCUT2D eigenvalue weighted by Crippen LogP contribution is 2.29. The van der Waals surface area contributed by atoms with Crippen molar-refractivity contribution >= 4 is 38.8 Å². The van der Waals surface area contributed by atoms with Crippen molar-refractivity contribution in [1.82, 2.24) is 4.98 Å². The predicted octanol–water partition coefficient (Wildman–Crippen LogP) is 3.32. The van der Waals surface area contributed by atoms with Crippen molar-refractivity contribution in [2.45, 2.75) is 11.8 Å². The summed E-state index contributed by atoms with van der Waals surface area (Å²) >= 11 is 0. The van der Waals surface area contributed by atoms with Crippen molar-refractivity contribution < 1.29 is 23.2 Å². The van der Waals surface area contributed by atoms with E-state index in [1.54, 1.807) is 31.5 Å². The van der Waals surface area contributed by atoms with Gasteiger partial charge < -0.3 is 5.11 Å². The Kier molecular flexibility index (Phi) is 6.45. The molecule has 0 amide bonds. The van der Waals surface area contributed by atoms with Gasteiger partial charge in [0.2, 0.25) is 0 Å². The van der Waals surface area contributed by atoms with E-state index in [0.29, 0.717) is 5.71 Å². The first-order valence-electron chi connectivity index (χ1n) is 9.03. The van der Waals surface area contributed by atoms with Crippen LogP contribution in [0.4, 0.5) is 17.1 Å². The highest BCUT2D eigenvalue weighted by molar-refractivity contribution is 7.93. The number of carboxylic acids is 1. The van der Waals surface area contributed by atoms with E-state index in [0.717, 1.165) is 17.7 Å². The first kappa shape index (κ1) is 22.4. The summed E-state index contributed by atoms with van der Waals surface area (Å²) in [7, 11) is -4.43. The van der Waals surface area contributed by atoms with E-state index in [1.165, 1.54) is 30.3 Å². The van der Waals surface area contributed by atoms with E-state index in [2.05, 4.69) is 20.2 Å². The number of non-ortho nitro benzene ring substituents is 1. The van der Waals surface area contributed by atoms with Crippen LogP contribution in [0, 0.1) is 10.1 Å². The van der Waals surface area contributed by atoms with Crippen molar-refractivity contribution in [3.63, 3.8) is 0 Å². The van der Waals surface area contributed by atoms with Gasteiger partial charge in [-0.1, -0.05) is 12.1 Å². The molecule has 0 saturated heterocycles. The molecule has 11 nitrogen and oxygen atoms in total. The van der Waals surface area contributed by atoms with Crippen LogP contribution < -0.4 is 10.1 Å². The van der Waals surface area contributed by atoms with Gasteiger partial charge in [0.25, 0.3) is 15.7 Å². The topological polar surface area (TPSA) is 164 Å². The largest absolute Gasteiger partial charge is 0.478 e. The molecule has 1 heterocycles. The summed E-state index contributed by atoms with van der Waals surface area (Å²) in [5.74, 6) is -1.33. The Balaban J connectivity index is 2.03. The van der Waals surface area contributed by atoms with E-state index in [9.17, 15) is 28.4 Å². The minimum Gasteiger partial charge on any atom is -0.478 e. The van der Waals surface area contributed by atoms with Gasteiger partial charge in [-0.25, -0.2) is 13.2 Å². The number of nitrogens with zero attached hydrogens (tertiary/aromatic N) is 3. The molecule has 0 spiro atoms. The molecule has 2 aromatic carbocycles. The number of benzene rings is 2. The van der Waals surface area contributed by atoms with Crippen LogP contribution >= 0.6 is 0 Å². The SMILES string of the molecule is CC(=NNc1ccc([N+](=O)[O-])cc1S(=O)(=O)Nc1ccccc1C(=O)O)c1ccncc1. The third kappa shape index (κ3) is 5.05. The number of aromatic carboxylic acids is 1. The molecule has 164 valence electrons. The van der Waals surface area contributed by atoms with E-state index < -0.39 is 31.5 Å². The number of sulfonamides is 1. The zero-order chi connectivity index (χ0) is 23.3. The smallest absolute Gasteiger partial charge is 0.337 e. The second-order valence-electron chi connectivity index (χ2n) is 6.44.